The zero-order valence-corrected chi connectivity index (χ0v) is 13.2. The molecule has 0 heterocycles. The maximum Gasteiger partial charge on any atom is 0.244 e. The molecule has 0 unspecified atom stereocenters. The van der Waals surface area contributed by atoms with Gasteiger partial charge in [0.2, 0.25) is 10.0 Å². The van der Waals surface area contributed by atoms with Crippen molar-refractivity contribution in [3.63, 3.8) is 0 Å². The summed E-state index contributed by atoms with van der Waals surface area (Å²) in [5, 5.41) is 0.177. The highest BCUT2D eigenvalue weighted by atomic mass is 35.5. The molecule has 2 aromatic rings. The van der Waals surface area contributed by atoms with E-state index in [9.17, 15) is 8.42 Å². The number of halogens is 1. The molecule has 0 saturated heterocycles. The molecule has 6 heteroatoms. The number of sulfonamides is 1. The molecular weight excluding hydrogens is 308 g/mol. The molecule has 0 spiro atoms. The highest BCUT2D eigenvalue weighted by molar-refractivity contribution is 7.89. The summed E-state index contributed by atoms with van der Waals surface area (Å²) in [5.41, 5.74) is 6.97. The fraction of sp³-hybridized carbons (Fsp3) is 0.200. The van der Waals surface area contributed by atoms with E-state index < -0.39 is 10.0 Å². The Balaban J connectivity index is 2.38. The third kappa shape index (κ3) is 3.56. The first-order valence-corrected chi connectivity index (χ1v) is 8.36. The molecule has 0 radical (unpaired) electrons. The first-order valence-electron chi connectivity index (χ1n) is 6.54. The van der Waals surface area contributed by atoms with Crippen molar-refractivity contribution < 1.29 is 8.42 Å². The number of rotatable bonds is 5. The minimum atomic E-state index is -3.68. The Morgan fingerprint density at radius 2 is 1.81 bits per heavy atom. The van der Waals surface area contributed by atoms with Gasteiger partial charge >= 0.3 is 0 Å². The minimum absolute atomic E-state index is 0.0435. The van der Waals surface area contributed by atoms with Crippen LogP contribution in [0, 0.1) is 0 Å². The van der Waals surface area contributed by atoms with Crippen LogP contribution in [0.4, 0.5) is 5.69 Å². The van der Waals surface area contributed by atoms with E-state index in [-0.39, 0.29) is 9.92 Å². The third-order valence-electron chi connectivity index (χ3n) is 3.13. The van der Waals surface area contributed by atoms with E-state index in [1.54, 1.807) is 13.0 Å². The van der Waals surface area contributed by atoms with E-state index in [4.69, 9.17) is 17.3 Å². The van der Waals surface area contributed by atoms with Gasteiger partial charge in [-0.15, -0.1) is 0 Å². The lowest BCUT2D eigenvalue weighted by molar-refractivity contribution is 0.423. The topological polar surface area (TPSA) is 63.4 Å². The van der Waals surface area contributed by atoms with Gasteiger partial charge in [-0.25, -0.2) is 8.42 Å². The van der Waals surface area contributed by atoms with Crippen molar-refractivity contribution >= 4 is 27.3 Å². The highest BCUT2D eigenvalue weighted by Gasteiger charge is 2.25. The van der Waals surface area contributed by atoms with Crippen LogP contribution >= 0.6 is 11.6 Å². The molecule has 21 heavy (non-hydrogen) atoms. The molecule has 2 aromatic carbocycles. The molecule has 0 bridgehead atoms. The van der Waals surface area contributed by atoms with Crippen LogP contribution in [0.1, 0.15) is 12.5 Å². The van der Waals surface area contributed by atoms with Gasteiger partial charge in [-0.05, 0) is 23.8 Å². The number of hydrogen-bond donors (Lipinski definition) is 1. The van der Waals surface area contributed by atoms with Gasteiger partial charge in [0.1, 0.15) is 4.90 Å². The number of benzene rings is 2. The molecule has 0 saturated carbocycles. The van der Waals surface area contributed by atoms with Crippen molar-refractivity contribution in [2.45, 2.75) is 18.4 Å². The maximum absolute atomic E-state index is 12.7. The SMILES string of the molecule is CCN(Cc1ccccc1)S(=O)(=O)c1cc(N)ccc1Cl. The lowest BCUT2D eigenvalue weighted by Gasteiger charge is -2.21. The summed E-state index contributed by atoms with van der Waals surface area (Å²) >= 11 is 6.02. The smallest absolute Gasteiger partial charge is 0.244 e. The van der Waals surface area contributed by atoms with Crippen molar-refractivity contribution in [2.24, 2.45) is 0 Å². The van der Waals surface area contributed by atoms with E-state index >= 15 is 0 Å². The first kappa shape index (κ1) is 15.8. The maximum atomic E-state index is 12.7. The molecule has 0 fully saturated rings. The summed E-state index contributed by atoms with van der Waals surface area (Å²) in [7, 11) is -3.68. The second-order valence-electron chi connectivity index (χ2n) is 4.61. The van der Waals surface area contributed by atoms with Gasteiger partial charge in [0.25, 0.3) is 0 Å². The Labute approximate surface area is 130 Å². The van der Waals surface area contributed by atoms with Crippen LogP contribution in [0.25, 0.3) is 0 Å². The van der Waals surface area contributed by atoms with Crippen molar-refractivity contribution in [2.75, 3.05) is 12.3 Å². The first-order chi connectivity index (χ1) is 9.95. The summed E-state index contributed by atoms with van der Waals surface area (Å²) in [4.78, 5) is 0.0435. The average Bonchev–Trinajstić information content (AvgIpc) is 2.48. The standard InChI is InChI=1S/C15H17ClN2O2S/c1-2-18(11-12-6-4-3-5-7-12)21(19,20)15-10-13(17)8-9-14(15)16/h3-10H,2,11,17H2,1H3. The number of nitrogens with zero attached hydrogens (tertiary/aromatic N) is 1. The second kappa shape index (κ2) is 6.47. The van der Waals surface area contributed by atoms with Crippen LogP contribution in [-0.4, -0.2) is 19.3 Å². The third-order valence-corrected chi connectivity index (χ3v) is 5.53. The van der Waals surface area contributed by atoms with E-state index in [1.807, 2.05) is 30.3 Å². The molecule has 2 rings (SSSR count). The Bertz CT molecular complexity index is 718. The van der Waals surface area contributed by atoms with Crippen molar-refractivity contribution in [3.05, 3.63) is 59.1 Å². The molecule has 0 aliphatic rings. The molecule has 0 aliphatic carbocycles. The van der Waals surface area contributed by atoms with Gasteiger partial charge in [0.15, 0.2) is 0 Å². The Morgan fingerprint density at radius 1 is 1.14 bits per heavy atom. The predicted molar refractivity (Wildman–Crippen MR) is 85.6 cm³/mol. The minimum Gasteiger partial charge on any atom is -0.399 e. The second-order valence-corrected chi connectivity index (χ2v) is 6.92. The van der Waals surface area contributed by atoms with Gasteiger partial charge in [-0.3, -0.25) is 0 Å². The van der Waals surface area contributed by atoms with E-state index in [0.29, 0.717) is 18.8 Å². The Hall–Kier alpha value is -1.56. The van der Waals surface area contributed by atoms with Crippen LogP contribution in [0.2, 0.25) is 5.02 Å². The molecule has 112 valence electrons. The molecule has 0 atom stereocenters. The normalized spacial score (nSPS) is 11.8. The van der Waals surface area contributed by atoms with Gasteiger partial charge < -0.3 is 5.73 Å². The lowest BCUT2D eigenvalue weighted by atomic mass is 10.2. The quantitative estimate of drug-likeness (QED) is 0.859. The Morgan fingerprint density at radius 3 is 2.43 bits per heavy atom. The molecule has 0 aromatic heterocycles. The lowest BCUT2D eigenvalue weighted by Crippen LogP contribution is -2.30. The summed E-state index contributed by atoms with van der Waals surface area (Å²) in [6.07, 6.45) is 0. The van der Waals surface area contributed by atoms with Crippen molar-refractivity contribution in [1.29, 1.82) is 0 Å². The predicted octanol–water partition coefficient (Wildman–Crippen LogP) is 3.13. The summed E-state index contributed by atoms with van der Waals surface area (Å²) in [5.74, 6) is 0. The van der Waals surface area contributed by atoms with Gasteiger partial charge in [0, 0.05) is 18.8 Å². The average molecular weight is 325 g/mol. The number of anilines is 1. The van der Waals surface area contributed by atoms with E-state index in [2.05, 4.69) is 0 Å². The monoisotopic (exact) mass is 324 g/mol. The summed E-state index contributed by atoms with van der Waals surface area (Å²) in [6.45, 7) is 2.44. The van der Waals surface area contributed by atoms with Gasteiger partial charge in [-0.2, -0.15) is 4.31 Å². The van der Waals surface area contributed by atoms with Crippen LogP contribution in [0.3, 0.4) is 0 Å². The fourth-order valence-corrected chi connectivity index (χ4v) is 3.96. The van der Waals surface area contributed by atoms with Crippen molar-refractivity contribution in [3.8, 4) is 0 Å². The van der Waals surface area contributed by atoms with Gasteiger partial charge in [-0.1, -0.05) is 48.9 Å². The van der Waals surface area contributed by atoms with Crippen LogP contribution in [0.15, 0.2) is 53.4 Å². The van der Waals surface area contributed by atoms with E-state index in [1.165, 1.54) is 16.4 Å². The summed E-state index contributed by atoms with van der Waals surface area (Å²) < 4.78 is 26.8. The molecule has 2 N–H and O–H groups in total. The molecular formula is C15H17ClN2O2S. The van der Waals surface area contributed by atoms with Crippen LogP contribution in [-0.2, 0) is 16.6 Å². The number of nitrogen functional groups attached to an aromatic ring is 1. The van der Waals surface area contributed by atoms with Crippen LogP contribution in [0.5, 0.6) is 0 Å². The Kier molecular flexibility index (Phi) is 4.88. The molecule has 0 aliphatic heterocycles. The fourth-order valence-electron chi connectivity index (χ4n) is 2.01. The van der Waals surface area contributed by atoms with E-state index in [0.717, 1.165) is 5.56 Å². The van der Waals surface area contributed by atoms with Crippen molar-refractivity contribution in [1.82, 2.24) is 4.31 Å². The number of nitrogens with two attached hydrogens (primary N) is 1. The zero-order chi connectivity index (χ0) is 15.5. The van der Waals surface area contributed by atoms with Gasteiger partial charge in [0.05, 0.1) is 5.02 Å². The molecule has 0 amide bonds. The van der Waals surface area contributed by atoms with Crippen LogP contribution < -0.4 is 5.73 Å². The zero-order valence-electron chi connectivity index (χ0n) is 11.7. The number of hydrogen-bond acceptors (Lipinski definition) is 3. The largest absolute Gasteiger partial charge is 0.399 e. The molecule has 4 nitrogen and oxygen atoms in total. The summed E-state index contributed by atoms with van der Waals surface area (Å²) in [6, 6.07) is 13.9. The highest BCUT2D eigenvalue weighted by Crippen LogP contribution is 2.27.